The van der Waals surface area contributed by atoms with E-state index in [2.05, 4.69) is 38.2 Å². The Hall–Kier alpha value is -0.860. The highest BCUT2D eigenvalue weighted by Crippen LogP contribution is 2.07. The van der Waals surface area contributed by atoms with E-state index in [0.717, 1.165) is 13.0 Å². The molecule has 0 radical (unpaired) electrons. The highest BCUT2D eigenvalue weighted by atomic mass is 16.3. The summed E-state index contributed by atoms with van der Waals surface area (Å²) in [5.74, 6) is 0.668. The second-order valence-corrected chi connectivity index (χ2v) is 4.97. The standard InChI is InChI=1S/C15H25NO/c1-4-12(2)11-16-13(3)15(17)10-14-8-6-5-7-9-14/h5-9,12-13,15-17H,4,10-11H2,1-3H3. The van der Waals surface area contributed by atoms with E-state index in [0.29, 0.717) is 5.92 Å². The third-order valence-electron chi connectivity index (χ3n) is 3.35. The molecule has 1 aromatic rings. The minimum atomic E-state index is -0.318. The third-order valence-corrected chi connectivity index (χ3v) is 3.35. The molecule has 0 heterocycles. The zero-order valence-corrected chi connectivity index (χ0v) is 11.2. The van der Waals surface area contributed by atoms with Gasteiger partial charge in [-0.15, -0.1) is 0 Å². The fraction of sp³-hybridized carbons (Fsp3) is 0.600. The van der Waals surface area contributed by atoms with Gasteiger partial charge >= 0.3 is 0 Å². The summed E-state index contributed by atoms with van der Waals surface area (Å²) in [7, 11) is 0. The Morgan fingerprint density at radius 2 is 1.82 bits per heavy atom. The lowest BCUT2D eigenvalue weighted by Gasteiger charge is -2.22. The van der Waals surface area contributed by atoms with Crippen LogP contribution in [-0.2, 0) is 6.42 Å². The number of hydrogen-bond donors (Lipinski definition) is 2. The summed E-state index contributed by atoms with van der Waals surface area (Å²) in [5, 5.41) is 13.5. The van der Waals surface area contributed by atoms with E-state index in [1.807, 2.05) is 18.2 Å². The highest BCUT2D eigenvalue weighted by molar-refractivity contribution is 5.15. The van der Waals surface area contributed by atoms with Gasteiger partial charge in [-0.05, 0) is 31.4 Å². The molecule has 1 rings (SSSR count). The molecule has 3 unspecified atom stereocenters. The average Bonchev–Trinajstić information content (AvgIpc) is 2.36. The van der Waals surface area contributed by atoms with Crippen molar-refractivity contribution < 1.29 is 5.11 Å². The summed E-state index contributed by atoms with van der Waals surface area (Å²) >= 11 is 0. The zero-order valence-electron chi connectivity index (χ0n) is 11.2. The molecule has 17 heavy (non-hydrogen) atoms. The van der Waals surface area contributed by atoms with Gasteiger partial charge in [-0.1, -0.05) is 50.6 Å². The van der Waals surface area contributed by atoms with E-state index in [-0.39, 0.29) is 12.1 Å². The smallest absolute Gasteiger partial charge is 0.0730 e. The molecule has 0 fully saturated rings. The lowest BCUT2D eigenvalue weighted by atomic mass is 10.0. The van der Waals surface area contributed by atoms with Crippen molar-refractivity contribution in [3.63, 3.8) is 0 Å². The highest BCUT2D eigenvalue weighted by Gasteiger charge is 2.14. The molecular weight excluding hydrogens is 210 g/mol. The Morgan fingerprint density at radius 1 is 1.18 bits per heavy atom. The van der Waals surface area contributed by atoms with Crippen LogP contribution in [0.5, 0.6) is 0 Å². The molecule has 2 N–H and O–H groups in total. The minimum Gasteiger partial charge on any atom is -0.391 e. The second kappa shape index (κ2) is 7.46. The summed E-state index contributed by atoms with van der Waals surface area (Å²) < 4.78 is 0. The predicted octanol–water partition coefficient (Wildman–Crippen LogP) is 2.61. The molecule has 0 saturated carbocycles. The molecule has 0 aromatic heterocycles. The summed E-state index contributed by atoms with van der Waals surface area (Å²) in [4.78, 5) is 0. The molecule has 0 bridgehead atoms. The number of aliphatic hydroxyl groups excluding tert-OH is 1. The number of benzene rings is 1. The minimum absolute atomic E-state index is 0.143. The monoisotopic (exact) mass is 235 g/mol. The van der Waals surface area contributed by atoms with E-state index < -0.39 is 0 Å². The number of hydrogen-bond acceptors (Lipinski definition) is 2. The Bertz CT molecular complexity index is 299. The Kier molecular flexibility index (Phi) is 6.23. The van der Waals surface area contributed by atoms with Gasteiger partial charge in [-0.25, -0.2) is 0 Å². The maximum atomic E-state index is 10.1. The van der Waals surface area contributed by atoms with Crippen LogP contribution in [0.2, 0.25) is 0 Å². The van der Waals surface area contributed by atoms with Crippen molar-refractivity contribution in [2.75, 3.05) is 6.54 Å². The molecule has 0 spiro atoms. The van der Waals surface area contributed by atoms with Crippen LogP contribution in [0.1, 0.15) is 32.8 Å². The molecule has 0 aliphatic carbocycles. The Balaban J connectivity index is 2.34. The van der Waals surface area contributed by atoms with Crippen LogP contribution >= 0.6 is 0 Å². The van der Waals surface area contributed by atoms with E-state index in [1.54, 1.807) is 0 Å². The topological polar surface area (TPSA) is 32.3 Å². The predicted molar refractivity (Wildman–Crippen MR) is 73.1 cm³/mol. The molecule has 2 heteroatoms. The Labute approximate surface area is 105 Å². The molecule has 3 atom stereocenters. The van der Waals surface area contributed by atoms with Crippen LogP contribution in [-0.4, -0.2) is 23.8 Å². The van der Waals surface area contributed by atoms with Gasteiger partial charge in [0.2, 0.25) is 0 Å². The van der Waals surface area contributed by atoms with Gasteiger partial charge < -0.3 is 10.4 Å². The lowest BCUT2D eigenvalue weighted by Crippen LogP contribution is -2.40. The SMILES string of the molecule is CCC(C)CNC(C)C(O)Cc1ccccc1. The van der Waals surface area contributed by atoms with Gasteiger partial charge in [-0.2, -0.15) is 0 Å². The molecule has 1 aromatic carbocycles. The van der Waals surface area contributed by atoms with Crippen LogP contribution in [0, 0.1) is 5.92 Å². The number of rotatable bonds is 7. The molecule has 0 saturated heterocycles. The first-order chi connectivity index (χ1) is 8.13. The van der Waals surface area contributed by atoms with Gasteiger partial charge in [0.1, 0.15) is 0 Å². The quantitative estimate of drug-likeness (QED) is 0.761. The zero-order chi connectivity index (χ0) is 12.7. The maximum absolute atomic E-state index is 10.1. The molecular formula is C15H25NO. The third kappa shape index (κ3) is 5.33. The van der Waals surface area contributed by atoms with Crippen LogP contribution in [0.4, 0.5) is 0 Å². The van der Waals surface area contributed by atoms with Crippen LogP contribution in [0.3, 0.4) is 0 Å². The van der Waals surface area contributed by atoms with Gasteiger partial charge in [0.05, 0.1) is 6.10 Å². The van der Waals surface area contributed by atoms with Gasteiger partial charge in [0, 0.05) is 6.04 Å². The van der Waals surface area contributed by atoms with Crippen molar-refractivity contribution in [1.82, 2.24) is 5.32 Å². The van der Waals surface area contributed by atoms with Gasteiger partial charge in [-0.3, -0.25) is 0 Å². The van der Waals surface area contributed by atoms with Crippen molar-refractivity contribution in [3.05, 3.63) is 35.9 Å². The van der Waals surface area contributed by atoms with Crippen molar-refractivity contribution in [3.8, 4) is 0 Å². The van der Waals surface area contributed by atoms with Crippen molar-refractivity contribution in [2.24, 2.45) is 5.92 Å². The van der Waals surface area contributed by atoms with Crippen molar-refractivity contribution in [2.45, 2.75) is 45.8 Å². The van der Waals surface area contributed by atoms with E-state index in [1.165, 1.54) is 12.0 Å². The second-order valence-electron chi connectivity index (χ2n) is 4.97. The largest absolute Gasteiger partial charge is 0.391 e. The number of nitrogens with one attached hydrogen (secondary N) is 1. The van der Waals surface area contributed by atoms with E-state index in [9.17, 15) is 5.11 Å². The summed E-state index contributed by atoms with van der Waals surface area (Å²) in [6, 6.07) is 10.3. The summed E-state index contributed by atoms with van der Waals surface area (Å²) in [5.41, 5.74) is 1.19. The maximum Gasteiger partial charge on any atom is 0.0730 e. The summed E-state index contributed by atoms with van der Waals surface area (Å²) in [6.45, 7) is 7.44. The molecule has 0 amide bonds. The summed E-state index contributed by atoms with van der Waals surface area (Å²) in [6.07, 6.45) is 1.57. The first-order valence-electron chi connectivity index (χ1n) is 6.58. The lowest BCUT2D eigenvalue weighted by molar-refractivity contribution is 0.132. The first-order valence-corrected chi connectivity index (χ1v) is 6.58. The van der Waals surface area contributed by atoms with Crippen LogP contribution < -0.4 is 5.32 Å². The van der Waals surface area contributed by atoms with Gasteiger partial charge in [0.15, 0.2) is 0 Å². The average molecular weight is 235 g/mol. The first kappa shape index (κ1) is 14.2. The van der Waals surface area contributed by atoms with E-state index in [4.69, 9.17) is 0 Å². The molecule has 96 valence electrons. The molecule has 2 nitrogen and oxygen atoms in total. The van der Waals surface area contributed by atoms with Crippen LogP contribution in [0.15, 0.2) is 30.3 Å². The van der Waals surface area contributed by atoms with Gasteiger partial charge in [0.25, 0.3) is 0 Å². The fourth-order valence-electron chi connectivity index (χ4n) is 1.70. The number of aliphatic hydroxyl groups is 1. The molecule has 0 aliphatic heterocycles. The van der Waals surface area contributed by atoms with E-state index >= 15 is 0 Å². The fourth-order valence-corrected chi connectivity index (χ4v) is 1.70. The normalized spacial score (nSPS) is 16.5. The van der Waals surface area contributed by atoms with Crippen LogP contribution in [0.25, 0.3) is 0 Å². The van der Waals surface area contributed by atoms with Crippen molar-refractivity contribution >= 4 is 0 Å². The molecule has 0 aliphatic rings. The van der Waals surface area contributed by atoms with Crippen molar-refractivity contribution in [1.29, 1.82) is 0 Å². The Morgan fingerprint density at radius 3 is 2.41 bits per heavy atom.